The summed E-state index contributed by atoms with van der Waals surface area (Å²) < 4.78 is 0. The molecule has 2 heterocycles. The van der Waals surface area contributed by atoms with E-state index in [0.717, 1.165) is 38.3 Å². The van der Waals surface area contributed by atoms with Gasteiger partial charge in [0.25, 0.3) is 5.91 Å². The highest BCUT2D eigenvalue weighted by atomic mass is 16.2. The Morgan fingerprint density at radius 1 is 1.00 bits per heavy atom. The first kappa shape index (κ1) is 18.8. The van der Waals surface area contributed by atoms with Gasteiger partial charge in [0, 0.05) is 57.2 Å². The quantitative estimate of drug-likeness (QED) is 0.795. The van der Waals surface area contributed by atoms with Crippen molar-refractivity contribution in [1.82, 2.24) is 20.1 Å². The molecule has 1 fully saturated rings. The van der Waals surface area contributed by atoms with Crippen LogP contribution < -0.4 is 5.32 Å². The molecule has 6 nitrogen and oxygen atoms in total. The zero-order chi connectivity index (χ0) is 19.1. The fourth-order valence-corrected chi connectivity index (χ4v) is 3.06. The average molecular weight is 364 g/mol. The van der Waals surface area contributed by atoms with Crippen molar-refractivity contribution < 1.29 is 9.59 Å². The van der Waals surface area contributed by atoms with Gasteiger partial charge in [0.15, 0.2) is 0 Å². The molecule has 0 spiro atoms. The number of piperazine rings is 1. The SMILES string of the molecule is C=CC(=O)NCc1ccc(C(=O)N2CCN(Cc3ccncc3)CC2)cc1. The van der Waals surface area contributed by atoms with Crippen LogP contribution in [0.2, 0.25) is 0 Å². The molecular weight excluding hydrogens is 340 g/mol. The molecule has 2 amide bonds. The first-order valence-electron chi connectivity index (χ1n) is 9.05. The molecule has 0 bridgehead atoms. The van der Waals surface area contributed by atoms with Crippen LogP contribution in [-0.2, 0) is 17.9 Å². The third-order valence-electron chi connectivity index (χ3n) is 4.67. The summed E-state index contributed by atoms with van der Waals surface area (Å²) in [6.45, 7) is 7.90. The predicted molar refractivity (Wildman–Crippen MR) is 104 cm³/mol. The van der Waals surface area contributed by atoms with Gasteiger partial charge in [-0.25, -0.2) is 0 Å². The second-order valence-electron chi connectivity index (χ2n) is 6.54. The molecule has 0 radical (unpaired) electrons. The Hall–Kier alpha value is -2.99. The van der Waals surface area contributed by atoms with Gasteiger partial charge >= 0.3 is 0 Å². The van der Waals surface area contributed by atoms with Crippen molar-refractivity contribution in [3.05, 3.63) is 78.1 Å². The maximum atomic E-state index is 12.7. The van der Waals surface area contributed by atoms with Gasteiger partial charge in [-0.2, -0.15) is 0 Å². The number of nitrogens with zero attached hydrogens (tertiary/aromatic N) is 3. The summed E-state index contributed by atoms with van der Waals surface area (Å²) in [5.41, 5.74) is 2.87. The molecule has 0 unspecified atom stereocenters. The van der Waals surface area contributed by atoms with Crippen molar-refractivity contribution in [1.29, 1.82) is 0 Å². The highest BCUT2D eigenvalue weighted by Crippen LogP contribution is 2.12. The molecule has 1 aromatic carbocycles. The summed E-state index contributed by atoms with van der Waals surface area (Å²) in [7, 11) is 0. The minimum absolute atomic E-state index is 0.0558. The van der Waals surface area contributed by atoms with Crippen LogP contribution in [0.4, 0.5) is 0 Å². The van der Waals surface area contributed by atoms with E-state index in [1.54, 1.807) is 0 Å². The van der Waals surface area contributed by atoms with E-state index in [0.29, 0.717) is 12.1 Å². The summed E-state index contributed by atoms with van der Waals surface area (Å²) >= 11 is 0. The van der Waals surface area contributed by atoms with Crippen LogP contribution in [0.1, 0.15) is 21.5 Å². The number of benzene rings is 1. The number of aromatic nitrogens is 1. The highest BCUT2D eigenvalue weighted by molar-refractivity contribution is 5.94. The zero-order valence-corrected chi connectivity index (χ0v) is 15.3. The third-order valence-corrected chi connectivity index (χ3v) is 4.67. The lowest BCUT2D eigenvalue weighted by Gasteiger charge is -2.34. The number of hydrogen-bond acceptors (Lipinski definition) is 4. The Kier molecular flexibility index (Phi) is 6.33. The van der Waals surface area contributed by atoms with Gasteiger partial charge in [-0.1, -0.05) is 18.7 Å². The molecule has 1 N–H and O–H groups in total. The highest BCUT2D eigenvalue weighted by Gasteiger charge is 2.22. The van der Waals surface area contributed by atoms with E-state index >= 15 is 0 Å². The predicted octanol–water partition coefficient (Wildman–Crippen LogP) is 1.84. The number of carbonyl (C=O) groups excluding carboxylic acids is 2. The maximum absolute atomic E-state index is 12.7. The maximum Gasteiger partial charge on any atom is 0.253 e. The van der Waals surface area contributed by atoms with E-state index in [1.807, 2.05) is 53.7 Å². The zero-order valence-electron chi connectivity index (χ0n) is 15.3. The van der Waals surface area contributed by atoms with Crippen LogP contribution in [0.25, 0.3) is 0 Å². The summed E-state index contributed by atoms with van der Waals surface area (Å²) in [6, 6.07) is 11.4. The van der Waals surface area contributed by atoms with Gasteiger partial charge in [0.2, 0.25) is 5.91 Å². The molecule has 0 saturated carbocycles. The standard InChI is InChI=1S/C21H24N4O2/c1-2-20(26)23-15-17-3-5-19(6-4-17)21(27)25-13-11-24(12-14-25)16-18-7-9-22-10-8-18/h2-10H,1,11-16H2,(H,23,26). The Bertz CT molecular complexity index is 782. The van der Waals surface area contributed by atoms with Gasteiger partial charge in [0.1, 0.15) is 0 Å². The molecule has 1 aromatic heterocycles. The van der Waals surface area contributed by atoms with E-state index in [4.69, 9.17) is 0 Å². The normalized spacial score (nSPS) is 14.6. The minimum Gasteiger partial charge on any atom is -0.348 e. The van der Waals surface area contributed by atoms with E-state index in [1.165, 1.54) is 11.6 Å². The number of amides is 2. The molecule has 27 heavy (non-hydrogen) atoms. The van der Waals surface area contributed by atoms with E-state index in [-0.39, 0.29) is 11.8 Å². The number of hydrogen-bond donors (Lipinski definition) is 1. The summed E-state index contributed by atoms with van der Waals surface area (Å²) in [4.78, 5) is 32.2. The minimum atomic E-state index is -0.209. The summed E-state index contributed by atoms with van der Waals surface area (Å²) in [6.07, 6.45) is 4.86. The first-order valence-corrected chi connectivity index (χ1v) is 9.05. The van der Waals surface area contributed by atoms with Gasteiger partial charge < -0.3 is 10.2 Å². The third kappa shape index (κ3) is 5.24. The second-order valence-corrected chi connectivity index (χ2v) is 6.54. The van der Waals surface area contributed by atoms with Crippen molar-refractivity contribution >= 4 is 11.8 Å². The van der Waals surface area contributed by atoms with E-state index < -0.39 is 0 Å². The summed E-state index contributed by atoms with van der Waals surface area (Å²) in [5, 5.41) is 2.72. The number of carbonyl (C=O) groups is 2. The molecule has 0 aliphatic carbocycles. The lowest BCUT2D eigenvalue weighted by atomic mass is 10.1. The molecular formula is C21H24N4O2. The van der Waals surface area contributed by atoms with Gasteiger partial charge in [-0.15, -0.1) is 0 Å². The van der Waals surface area contributed by atoms with Crippen LogP contribution in [0.15, 0.2) is 61.4 Å². The molecule has 6 heteroatoms. The van der Waals surface area contributed by atoms with Crippen molar-refractivity contribution in [2.24, 2.45) is 0 Å². The molecule has 1 aliphatic heterocycles. The molecule has 0 atom stereocenters. The average Bonchev–Trinajstić information content (AvgIpc) is 2.73. The van der Waals surface area contributed by atoms with Crippen molar-refractivity contribution in [3.8, 4) is 0 Å². The topological polar surface area (TPSA) is 65.5 Å². The monoisotopic (exact) mass is 364 g/mol. The Balaban J connectivity index is 1.50. The summed E-state index contributed by atoms with van der Waals surface area (Å²) in [5.74, 6) is -0.153. The Morgan fingerprint density at radius 3 is 2.30 bits per heavy atom. The largest absolute Gasteiger partial charge is 0.348 e. The molecule has 2 aromatic rings. The van der Waals surface area contributed by atoms with E-state index in [2.05, 4.69) is 21.8 Å². The van der Waals surface area contributed by atoms with Gasteiger partial charge in [0.05, 0.1) is 0 Å². The number of rotatable bonds is 6. The molecule has 3 rings (SSSR count). The smallest absolute Gasteiger partial charge is 0.253 e. The molecule has 140 valence electrons. The second kappa shape index (κ2) is 9.09. The number of nitrogens with one attached hydrogen (secondary N) is 1. The molecule has 1 saturated heterocycles. The number of pyridine rings is 1. The van der Waals surface area contributed by atoms with Crippen molar-refractivity contribution in [3.63, 3.8) is 0 Å². The van der Waals surface area contributed by atoms with Crippen LogP contribution in [0, 0.1) is 0 Å². The Labute approximate surface area is 159 Å². The van der Waals surface area contributed by atoms with E-state index in [9.17, 15) is 9.59 Å². The van der Waals surface area contributed by atoms with Gasteiger partial charge in [-0.3, -0.25) is 19.5 Å². The van der Waals surface area contributed by atoms with Crippen LogP contribution >= 0.6 is 0 Å². The Morgan fingerprint density at radius 2 is 1.67 bits per heavy atom. The lowest BCUT2D eigenvalue weighted by Crippen LogP contribution is -2.48. The fraction of sp³-hybridized carbons (Fsp3) is 0.286. The fourth-order valence-electron chi connectivity index (χ4n) is 3.06. The van der Waals surface area contributed by atoms with Gasteiger partial charge in [-0.05, 0) is 41.5 Å². The van der Waals surface area contributed by atoms with Crippen LogP contribution in [0.3, 0.4) is 0 Å². The van der Waals surface area contributed by atoms with Crippen LogP contribution in [0.5, 0.6) is 0 Å². The van der Waals surface area contributed by atoms with Crippen molar-refractivity contribution in [2.75, 3.05) is 26.2 Å². The lowest BCUT2D eigenvalue weighted by molar-refractivity contribution is -0.116. The first-order chi connectivity index (χ1) is 13.2. The van der Waals surface area contributed by atoms with Crippen LogP contribution in [-0.4, -0.2) is 52.8 Å². The molecule has 1 aliphatic rings. The van der Waals surface area contributed by atoms with Crippen molar-refractivity contribution in [2.45, 2.75) is 13.1 Å².